The molecular formula is C15H15ClIN. The Labute approximate surface area is 127 Å². The van der Waals surface area contributed by atoms with E-state index in [1.165, 1.54) is 20.3 Å². The molecule has 2 aromatic carbocycles. The van der Waals surface area contributed by atoms with Gasteiger partial charge in [0.05, 0.1) is 6.04 Å². The van der Waals surface area contributed by atoms with Gasteiger partial charge in [-0.2, -0.15) is 0 Å². The SMILES string of the molecule is CNC(c1cccc(C)c1)c1cc(Cl)ccc1I. The molecular weight excluding hydrogens is 357 g/mol. The molecule has 18 heavy (non-hydrogen) atoms. The second kappa shape index (κ2) is 6.04. The van der Waals surface area contributed by atoms with Crippen LogP contribution in [0.2, 0.25) is 5.02 Å². The third kappa shape index (κ3) is 3.05. The molecule has 0 bridgehead atoms. The smallest absolute Gasteiger partial charge is 0.0585 e. The van der Waals surface area contributed by atoms with E-state index in [9.17, 15) is 0 Å². The second-order valence-corrected chi connectivity index (χ2v) is 5.90. The van der Waals surface area contributed by atoms with Crippen LogP contribution in [0.1, 0.15) is 22.7 Å². The number of halogens is 2. The molecule has 0 aliphatic carbocycles. The Morgan fingerprint density at radius 2 is 1.94 bits per heavy atom. The number of rotatable bonds is 3. The van der Waals surface area contributed by atoms with E-state index in [0.29, 0.717) is 0 Å². The summed E-state index contributed by atoms with van der Waals surface area (Å²) in [5, 5.41) is 4.14. The molecule has 0 spiro atoms. The van der Waals surface area contributed by atoms with Crippen molar-refractivity contribution in [1.82, 2.24) is 5.32 Å². The molecule has 3 heteroatoms. The standard InChI is InChI=1S/C15H15ClIN/c1-10-4-3-5-11(8-10)15(18-2)13-9-12(16)6-7-14(13)17/h3-9,15,18H,1-2H3. The predicted molar refractivity (Wildman–Crippen MR) is 86.3 cm³/mol. The first-order valence-corrected chi connectivity index (χ1v) is 7.26. The first-order valence-electron chi connectivity index (χ1n) is 5.80. The van der Waals surface area contributed by atoms with Gasteiger partial charge in [0, 0.05) is 8.59 Å². The lowest BCUT2D eigenvalue weighted by atomic mass is 9.97. The van der Waals surface area contributed by atoms with Crippen LogP contribution in [0, 0.1) is 10.5 Å². The Hall–Kier alpha value is -0.580. The maximum Gasteiger partial charge on any atom is 0.0585 e. The van der Waals surface area contributed by atoms with Crippen molar-refractivity contribution in [3.63, 3.8) is 0 Å². The van der Waals surface area contributed by atoms with Crippen LogP contribution < -0.4 is 5.32 Å². The van der Waals surface area contributed by atoms with Gasteiger partial charge in [-0.15, -0.1) is 0 Å². The fraction of sp³-hybridized carbons (Fsp3) is 0.200. The third-order valence-electron chi connectivity index (χ3n) is 2.93. The van der Waals surface area contributed by atoms with Crippen molar-refractivity contribution in [2.45, 2.75) is 13.0 Å². The zero-order chi connectivity index (χ0) is 13.1. The molecule has 0 aromatic heterocycles. The molecule has 0 aliphatic rings. The molecule has 2 aromatic rings. The summed E-state index contributed by atoms with van der Waals surface area (Å²) in [7, 11) is 1.98. The molecule has 1 nitrogen and oxygen atoms in total. The molecule has 2 rings (SSSR count). The Kier molecular flexibility index (Phi) is 4.65. The molecule has 1 atom stereocenters. The van der Waals surface area contributed by atoms with Gasteiger partial charge < -0.3 is 5.32 Å². The van der Waals surface area contributed by atoms with Gasteiger partial charge >= 0.3 is 0 Å². The molecule has 94 valence electrons. The molecule has 0 amide bonds. The zero-order valence-electron chi connectivity index (χ0n) is 10.4. The van der Waals surface area contributed by atoms with E-state index in [1.54, 1.807) is 0 Å². The highest BCUT2D eigenvalue weighted by Gasteiger charge is 2.15. The van der Waals surface area contributed by atoms with Crippen LogP contribution >= 0.6 is 34.2 Å². The highest BCUT2D eigenvalue weighted by atomic mass is 127. The minimum absolute atomic E-state index is 0.176. The van der Waals surface area contributed by atoms with E-state index in [4.69, 9.17) is 11.6 Å². The molecule has 0 heterocycles. The summed E-state index contributed by atoms with van der Waals surface area (Å²) in [5.41, 5.74) is 3.75. The summed E-state index contributed by atoms with van der Waals surface area (Å²) < 4.78 is 1.22. The van der Waals surface area contributed by atoms with Gasteiger partial charge in [-0.05, 0) is 65.9 Å². The number of benzene rings is 2. The Morgan fingerprint density at radius 1 is 1.17 bits per heavy atom. The largest absolute Gasteiger partial charge is 0.309 e. The van der Waals surface area contributed by atoms with Gasteiger partial charge in [0.1, 0.15) is 0 Å². The molecule has 0 saturated heterocycles. The van der Waals surface area contributed by atoms with Crippen LogP contribution in [-0.2, 0) is 0 Å². The lowest BCUT2D eigenvalue weighted by Crippen LogP contribution is -2.18. The topological polar surface area (TPSA) is 12.0 Å². The van der Waals surface area contributed by atoms with Crippen LogP contribution in [-0.4, -0.2) is 7.05 Å². The summed E-state index contributed by atoms with van der Waals surface area (Å²) >= 11 is 8.46. The van der Waals surface area contributed by atoms with E-state index < -0.39 is 0 Å². The molecule has 0 fully saturated rings. The van der Waals surface area contributed by atoms with Crippen LogP contribution in [0.4, 0.5) is 0 Å². The van der Waals surface area contributed by atoms with Gasteiger partial charge in [0.25, 0.3) is 0 Å². The van der Waals surface area contributed by atoms with Gasteiger partial charge in [0.2, 0.25) is 0 Å². The van der Waals surface area contributed by atoms with E-state index in [0.717, 1.165) is 5.02 Å². The Balaban J connectivity index is 2.48. The van der Waals surface area contributed by atoms with Crippen LogP contribution in [0.3, 0.4) is 0 Å². The van der Waals surface area contributed by atoms with Crippen LogP contribution in [0.15, 0.2) is 42.5 Å². The van der Waals surface area contributed by atoms with E-state index in [-0.39, 0.29) is 6.04 Å². The second-order valence-electron chi connectivity index (χ2n) is 4.30. The summed E-state index contributed by atoms with van der Waals surface area (Å²) in [6, 6.07) is 14.7. The molecule has 0 aliphatic heterocycles. The quantitative estimate of drug-likeness (QED) is 0.780. The first kappa shape index (κ1) is 13.8. The maximum atomic E-state index is 6.11. The summed E-state index contributed by atoms with van der Waals surface area (Å²) in [4.78, 5) is 0. The van der Waals surface area contributed by atoms with E-state index in [1.807, 2.05) is 19.2 Å². The van der Waals surface area contributed by atoms with Crippen molar-refractivity contribution in [3.05, 3.63) is 67.7 Å². The Bertz CT molecular complexity index is 554. The third-order valence-corrected chi connectivity index (χ3v) is 4.15. The van der Waals surface area contributed by atoms with E-state index >= 15 is 0 Å². The van der Waals surface area contributed by atoms with Gasteiger partial charge in [0.15, 0.2) is 0 Å². The van der Waals surface area contributed by atoms with Crippen LogP contribution in [0.5, 0.6) is 0 Å². The highest BCUT2D eigenvalue weighted by molar-refractivity contribution is 14.1. The first-order chi connectivity index (χ1) is 8.61. The van der Waals surface area contributed by atoms with E-state index in [2.05, 4.69) is 65.2 Å². The Morgan fingerprint density at radius 3 is 2.61 bits per heavy atom. The highest BCUT2D eigenvalue weighted by Crippen LogP contribution is 2.28. The van der Waals surface area contributed by atoms with Crippen molar-refractivity contribution in [3.8, 4) is 0 Å². The number of nitrogens with one attached hydrogen (secondary N) is 1. The minimum Gasteiger partial charge on any atom is -0.309 e. The number of hydrogen-bond donors (Lipinski definition) is 1. The zero-order valence-corrected chi connectivity index (χ0v) is 13.3. The molecule has 0 saturated carbocycles. The molecule has 1 N–H and O–H groups in total. The lowest BCUT2D eigenvalue weighted by molar-refractivity contribution is 0.688. The number of hydrogen-bond acceptors (Lipinski definition) is 1. The molecule has 1 unspecified atom stereocenters. The van der Waals surface area contributed by atoms with Gasteiger partial charge in [-0.1, -0.05) is 41.4 Å². The monoisotopic (exact) mass is 371 g/mol. The maximum absolute atomic E-state index is 6.11. The number of aryl methyl sites for hydroxylation is 1. The minimum atomic E-state index is 0.176. The van der Waals surface area contributed by atoms with Crippen molar-refractivity contribution < 1.29 is 0 Å². The van der Waals surface area contributed by atoms with Gasteiger partial charge in [-0.3, -0.25) is 0 Å². The predicted octanol–water partition coefficient (Wildman–Crippen LogP) is 4.56. The fourth-order valence-corrected chi connectivity index (χ4v) is 2.91. The average Bonchev–Trinajstić information content (AvgIpc) is 2.35. The van der Waals surface area contributed by atoms with Crippen molar-refractivity contribution in [2.75, 3.05) is 7.05 Å². The van der Waals surface area contributed by atoms with Gasteiger partial charge in [-0.25, -0.2) is 0 Å². The van der Waals surface area contributed by atoms with Crippen LogP contribution in [0.25, 0.3) is 0 Å². The van der Waals surface area contributed by atoms with Crippen molar-refractivity contribution in [2.24, 2.45) is 0 Å². The van der Waals surface area contributed by atoms with Crippen molar-refractivity contribution >= 4 is 34.2 Å². The fourth-order valence-electron chi connectivity index (χ4n) is 2.09. The van der Waals surface area contributed by atoms with Crippen molar-refractivity contribution in [1.29, 1.82) is 0 Å². The lowest BCUT2D eigenvalue weighted by Gasteiger charge is -2.19. The summed E-state index contributed by atoms with van der Waals surface area (Å²) in [6.07, 6.45) is 0. The molecule has 0 radical (unpaired) electrons. The summed E-state index contributed by atoms with van der Waals surface area (Å²) in [6.45, 7) is 2.11. The normalized spacial score (nSPS) is 12.4. The summed E-state index contributed by atoms with van der Waals surface area (Å²) in [5.74, 6) is 0. The average molecular weight is 372 g/mol.